The van der Waals surface area contributed by atoms with Crippen LogP contribution in [0.15, 0.2) is 18.3 Å². The van der Waals surface area contributed by atoms with Crippen molar-refractivity contribution in [3.05, 3.63) is 28.4 Å². The lowest BCUT2D eigenvalue weighted by molar-refractivity contribution is -0.385. The van der Waals surface area contributed by atoms with E-state index in [1.165, 1.54) is 12.3 Å². The number of hydrogen-bond donors (Lipinski definition) is 1. The summed E-state index contributed by atoms with van der Waals surface area (Å²) in [7, 11) is 0. The maximum atomic E-state index is 10.6. The van der Waals surface area contributed by atoms with Crippen LogP contribution in [0.5, 0.6) is 0 Å². The van der Waals surface area contributed by atoms with Gasteiger partial charge in [0.2, 0.25) is 0 Å². The third kappa shape index (κ3) is 4.48. The molecule has 0 radical (unpaired) electrons. The van der Waals surface area contributed by atoms with Crippen LogP contribution in [0.4, 0.5) is 11.5 Å². The molecule has 1 aromatic heterocycles. The van der Waals surface area contributed by atoms with Crippen LogP contribution in [-0.2, 0) is 0 Å². The molecule has 2 N–H and O–H groups in total. The van der Waals surface area contributed by atoms with Crippen molar-refractivity contribution in [1.29, 1.82) is 0 Å². The van der Waals surface area contributed by atoms with Gasteiger partial charge < -0.3 is 10.6 Å². The second-order valence-electron chi connectivity index (χ2n) is 5.42. The van der Waals surface area contributed by atoms with Crippen molar-refractivity contribution in [2.24, 2.45) is 11.1 Å². The number of nitrogens with two attached hydrogens (primary N) is 1. The molecule has 0 amide bonds. The van der Waals surface area contributed by atoms with Crippen molar-refractivity contribution < 1.29 is 4.92 Å². The van der Waals surface area contributed by atoms with E-state index in [-0.39, 0.29) is 11.1 Å². The highest BCUT2D eigenvalue weighted by Gasteiger charge is 2.21. The topological polar surface area (TPSA) is 85.3 Å². The number of nitro groups is 1. The van der Waals surface area contributed by atoms with Crippen molar-refractivity contribution in [3.8, 4) is 0 Å². The molecule has 106 valence electrons. The molecule has 0 aliphatic heterocycles. The van der Waals surface area contributed by atoms with E-state index < -0.39 is 4.92 Å². The molecule has 0 aromatic carbocycles. The average molecular weight is 266 g/mol. The lowest BCUT2D eigenvalue weighted by Crippen LogP contribution is -2.39. The molecule has 0 aliphatic rings. The minimum Gasteiger partial charge on any atom is -0.356 e. The minimum absolute atomic E-state index is 0.0123. The predicted octanol–water partition coefficient (Wildman–Crippen LogP) is 2.19. The van der Waals surface area contributed by atoms with Crippen LogP contribution in [0.1, 0.15) is 27.2 Å². The summed E-state index contributed by atoms with van der Waals surface area (Å²) in [5.74, 6) is 0.758. The monoisotopic (exact) mass is 266 g/mol. The van der Waals surface area contributed by atoms with Crippen LogP contribution in [0.2, 0.25) is 0 Å². The fourth-order valence-corrected chi connectivity index (χ4v) is 1.80. The van der Waals surface area contributed by atoms with Gasteiger partial charge in [0.15, 0.2) is 0 Å². The number of nitrogens with zero attached hydrogens (tertiary/aromatic N) is 3. The smallest absolute Gasteiger partial charge is 0.287 e. The zero-order chi connectivity index (χ0) is 14.5. The van der Waals surface area contributed by atoms with Crippen molar-refractivity contribution in [1.82, 2.24) is 4.98 Å². The van der Waals surface area contributed by atoms with Crippen molar-refractivity contribution >= 4 is 11.5 Å². The van der Waals surface area contributed by atoms with Gasteiger partial charge in [0, 0.05) is 19.2 Å². The maximum Gasteiger partial charge on any atom is 0.287 e. The normalized spacial score (nSPS) is 11.4. The van der Waals surface area contributed by atoms with Gasteiger partial charge >= 0.3 is 0 Å². The van der Waals surface area contributed by atoms with Gasteiger partial charge in [0.25, 0.3) is 5.69 Å². The molecular formula is C13H22N4O2. The second-order valence-corrected chi connectivity index (χ2v) is 5.42. The molecule has 0 spiro atoms. The molecule has 19 heavy (non-hydrogen) atoms. The van der Waals surface area contributed by atoms with Crippen molar-refractivity contribution in [2.45, 2.75) is 27.2 Å². The van der Waals surface area contributed by atoms with Gasteiger partial charge in [-0.1, -0.05) is 20.8 Å². The molecule has 6 heteroatoms. The molecule has 0 atom stereocenters. The summed E-state index contributed by atoms with van der Waals surface area (Å²) in [4.78, 5) is 16.5. The highest BCUT2D eigenvalue weighted by molar-refractivity contribution is 5.43. The lowest BCUT2D eigenvalue weighted by atomic mass is 9.93. The fraction of sp³-hybridized carbons (Fsp3) is 0.615. The summed E-state index contributed by atoms with van der Waals surface area (Å²) in [6.45, 7) is 8.51. The van der Waals surface area contributed by atoms with Gasteiger partial charge in [0.1, 0.15) is 12.0 Å². The Kier molecular flexibility index (Phi) is 5.23. The Morgan fingerprint density at radius 1 is 1.47 bits per heavy atom. The molecule has 0 saturated carbocycles. The molecule has 1 aromatic rings. The molecule has 0 bridgehead atoms. The van der Waals surface area contributed by atoms with E-state index >= 15 is 0 Å². The number of pyridine rings is 1. The SMILES string of the molecule is CCCN(CC(C)(C)CN)c1ccc([N+](=O)[O-])cn1. The lowest BCUT2D eigenvalue weighted by Gasteiger charge is -2.32. The van der Waals surface area contributed by atoms with Crippen LogP contribution in [-0.4, -0.2) is 29.5 Å². The third-order valence-corrected chi connectivity index (χ3v) is 2.93. The van der Waals surface area contributed by atoms with Gasteiger partial charge in [-0.3, -0.25) is 10.1 Å². The summed E-state index contributed by atoms with van der Waals surface area (Å²) in [5.41, 5.74) is 5.75. The number of hydrogen-bond acceptors (Lipinski definition) is 5. The zero-order valence-electron chi connectivity index (χ0n) is 11.8. The fourth-order valence-electron chi connectivity index (χ4n) is 1.80. The predicted molar refractivity (Wildman–Crippen MR) is 76.2 cm³/mol. The molecule has 6 nitrogen and oxygen atoms in total. The quantitative estimate of drug-likeness (QED) is 0.604. The van der Waals surface area contributed by atoms with E-state index in [1.54, 1.807) is 6.07 Å². The van der Waals surface area contributed by atoms with Gasteiger partial charge in [-0.25, -0.2) is 4.98 Å². The Labute approximate surface area is 113 Å². The first-order valence-electron chi connectivity index (χ1n) is 6.45. The van der Waals surface area contributed by atoms with Crippen molar-refractivity contribution in [3.63, 3.8) is 0 Å². The molecule has 0 unspecified atom stereocenters. The van der Waals surface area contributed by atoms with Crippen LogP contribution < -0.4 is 10.6 Å². The Morgan fingerprint density at radius 3 is 2.58 bits per heavy atom. The van der Waals surface area contributed by atoms with E-state index in [0.29, 0.717) is 6.54 Å². The average Bonchev–Trinajstić information content (AvgIpc) is 2.38. The van der Waals surface area contributed by atoms with E-state index in [0.717, 1.165) is 25.3 Å². The van der Waals surface area contributed by atoms with Gasteiger partial charge in [-0.05, 0) is 24.4 Å². The Bertz CT molecular complexity index is 417. The Balaban J connectivity index is 2.89. The third-order valence-electron chi connectivity index (χ3n) is 2.93. The molecule has 0 fully saturated rings. The van der Waals surface area contributed by atoms with E-state index in [4.69, 9.17) is 5.73 Å². The van der Waals surface area contributed by atoms with Crippen LogP contribution >= 0.6 is 0 Å². The van der Waals surface area contributed by atoms with E-state index in [1.807, 2.05) is 0 Å². The van der Waals surface area contributed by atoms with Crippen LogP contribution in [0, 0.1) is 15.5 Å². The number of rotatable bonds is 7. The summed E-state index contributed by atoms with van der Waals surface area (Å²) >= 11 is 0. The Hall–Kier alpha value is -1.69. The van der Waals surface area contributed by atoms with E-state index in [9.17, 15) is 10.1 Å². The standard InChI is InChI=1S/C13H22N4O2/c1-4-7-16(10-13(2,3)9-14)12-6-5-11(8-15-12)17(18)19/h5-6,8H,4,7,9-10,14H2,1-3H3. The van der Waals surface area contributed by atoms with Gasteiger partial charge in [-0.15, -0.1) is 0 Å². The first kappa shape index (κ1) is 15.4. The molecule has 0 aliphatic carbocycles. The second kappa shape index (κ2) is 6.47. The van der Waals surface area contributed by atoms with E-state index in [2.05, 4.69) is 30.7 Å². The van der Waals surface area contributed by atoms with Crippen molar-refractivity contribution in [2.75, 3.05) is 24.5 Å². The van der Waals surface area contributed by atoms with Crippen LogP contribution in [0.3, 0.4) is 0 Å². The molecule has 1 heterocycles. The summed E-state index contributed by atoms with van der Waals surface area (Å²) < 4.78 is 0. The Morgan fingerprint density at radius 2 is 2.16 bits per heavy atom. The van der Waals surface area contributed by atoms with Gasteiger partial charge in [-0.2, -0.15) is 0 Å². The molecule has 0 saturated heterocycles. The molecule has 1 rings (SSSR count). The minimum atomic E-state index is -0.440. The first-order valence-corrected chi connectivity index (χ1v) is 6.45. The zero-order valence-corrected chi connectivity index (χ0v) is 11.8. The number of aromatic nitrogens is 1. The summed E-state index contributed by atoms with van der Waals surface area (Å²) in [5, 5.41) is 10.6. The maximum absolute atomic E-state index is 10.6. The number of anilines is 1. The largest absolute Gasteiger partial charge is 0.356 e. The summed E-state index contributed by atoms with van der Waals surface area (Å²) in [6.07, 6.45) is 2.28. The van der Waals surface area contributed by atoms with Crippen LogP contribution in [0.25, 0.3) is 0 Å². The highest BCUT2D eigenvalue weighted by atomic mass is 16.6. The highest BCUT2D eigenvalue weighted by Crippen LogP contribution is 2.21. The van der Waals surface area contributed by atoms with Gasteiger partial charge in [0.05, 0.1) is 4.92 Å². The molecular weight excluding hydrogens is 244 g/mol. The first-order chi connectivity index (χ1) is 8.89. The summed E-state index contributed by atoms with van der Waals surface area (Å²) in [6, 6.07) is 3.18.